The number of imidazole rings is 1. The molecule has 2 amide bonds. The number of benzene rings is 1. The van der Waals surface area contributed by atoms with Crippen molar-refractivity contribution >= 4 is 23.4 Å². The molecule has 7 nitrogen and oxygen atoms in total. The fraction of sp³-hybridized carbons (Fsp3) is 0.522. The lowest BCUT2D eigenvalue weighted by atomic mass is 10.2. The van der Waals surface area contributed by atoms with Gasteiger partial charge >= 0.3 is 0 Å². The summed E-state index contributed by atoms with van der Waals surface area (Å²) in [6.07, 6.45) is 6.48. The van der Waals surface area contributed by atoms with E-state index in [1.165, 1.54) is 0 Å². The van der Waals surface area contributed by atoms with Crippen molar-refractivity contribution in [3.8, 4) is 5.75 Å². The van der Waals surface area contributed by atoms with Crippen LogP contribution in [0.15, 0.2) is 30.6 Å². The normalized spacial score (nSPS) is 15.9. The van der Waals surface area contributed by atoms with Gasteiger partial charge in [-0.25, -0.2) is 4.98 Å². The fourth-order valence-electron chi connectivity index (χ4n) is 3.71. The van der Waals surface area contributed by atoms with Crippen LogP contribution in [0.5, 0.6) is 5.75 Å². The Morgan fingerprint density at radius 1 is 1.26 bits per heavy atom. The van der Waals surface area contributed by atoms with Crippen LogP contribution in [0.2, 0.25) is 5.02 Å². The Kier molecular flexibility index (Phi) is 8.35. The number of rotatable bonds is 4. The number of aromatic nitrogens is 2. The molecule has 31 heavy (non-hydrogen) atoms. The van der Waals surface area contributed by atoms with Crippen molar-refractivity contribution in [1.29, 1.82) is 0 Å². The highest BCUT2D eigenvalue weighted by Gasteiger charge is 2.17. The Morgan fingerprint density at radius 3 is 2.87 bits per heavy atom. The monoisotopic (exact) mass is 446 g/mol. The molecule has 2 heterocycles. The lowest BCUT2D eigenvalue weighted by Crippen LogP contribution is -2.34. The van der Waals surface area contributed by atoms with Gasteiger partial charge in [-0.15, -0.1) is 0 Å². The van der Waals surface area contributed by atoms with E-state index < -0.39 is 0 Å². The Morgan fingerprint density at radius 2 is 2.06 bits per heavy atom. The summed E-state index contributed by atoms with van der Waals surface area (Å²) < 4.78 is 7.91. The number of carbonyl (C=O) groups is 2. The highest BCUT2D eigenvalue weighted by atomic mass is 35.5. The molecule has 1 N–H and O–H groups in total. The molecule has 1 aromatic heterocycles. The third kappa shape index (κ3) is 6.47. The van der Waals surface area contributed by atoms with Crippen LogP contribution in [0.1, 0.15) is 61.6 Å². The molecule has 0 radical (unpaired) electrons. The predicted octanol–water partition coefficient (Wildman–Crippen LogP) is 3.87. The number of fused-ring (bicyclic) bond motifs is 1. The molecule has 0 bridgehead atoms. The largest absolute Gasteiger partial charge is 0.493 e. The lowest BCUT2D eigenvalue weighted by molar-refractivity contribution is -0.131. The van der Waals surface area contributed by atoms with Crippen molar-refractivity contribution in [3.63, 3.8) is 0 Å². The summed E-state index contributed by atoms with van der Waals surface area (Å²) in [6, 6.07) is 5.06. The summed E-state index contributed by atoms with van der Waals surface area (Å²) in [5.41, 5.74) is 0.445. The molecule has 0 fully saturated rings. The summed E-state index contributed by atoms with van der Waals surface area (Å²) >= 11 is 6.06. The SMILES string of the molecule is CC(C)c1nccn1CCC(=O)N1CCCCNC(=O)c2cc(Cl)ccc2OCCC1. The van der Waals surface area contributed by atoms with Crippen LogP contribution in [0.3, 0.4) is 0 Å². The number of hydrogen-bond acceptors (Lipinski definition) is 4. The molecule has 1 aliphatic rings. The second-order valence-electron chi connectivity index (χ2n) is 8.07. The number of amides is 2. The summed E-state index contributed by atoms with van der Waals surface area (Å²) in [4.78, 5) is 31.7. The zero-order valence-electron chi connectivity index (χ0n) is 18.3. The second kappa shape index (κ2) is 11.2. The van der Waals surface area contributed by atoms with Crippen molar-refractivity contribution in [2.24, 2.45) is 0 Å². The predicted molar refractivity (Wildman–Crippen MR) is 121 cm³/mol. The van der Waals surface area contributed by atoms with Crippen molar-refractivity contribution in [2.45, 2.75) is 52.0 Å². The van der Waals surface area contributed by atoms with E-state index in [0.717, 1.165) is 18.7 Å². The molecule has 3 rings (SSSR count). The van der Waals surface area contributed by atoms with Crippen LogP contribution < -0.4 is 10.1 Å². The van der Waals surface area contributed by atoms with Crippen LogP contribution in [0, 0.1) is 0 Å². The molecular formula is C23H31ClN4O3. The summed E-state index contributed by atoms with van der Waals surface area (Å²) in [7, 11) is 0. The van der Waals surface area contributed by atoms with Crippen molar-refractivity contribution < 1.29 is 14.3 Å². The molecule has 0 unspecified atom stereocenters. The first-order valence-corrected chi connectivity index (χ1v) is 11.3. The third-order valence-electron chi connectivity index (χ3n) is 5.34. The molecule has 0 saturated carbocycles. The minimum atomic E-state index is -0.189. The number of hydrogen-bond donors (Lipinski definition) is 1. The van der Waals surface area contributed by atoms with E-state index >= 15 is 0 Å². The van der Waals surface area contributed by atoms with E-state index in [0.29, 0.717) is 67.9 Å². The van der Waals surface area contributed by atoms with Crippen LogP contribution in [0.4, 0.5) is 0 Å². The average molecular weight is 447 g/mol. The van der Waals surface area contributed by atoms with Gasteiger partial charge in [-0.1, -0.05) is 25.4 Å². The molecule has 2 aromatic rings. The van der Waals surface area contributed by atoms with Crippen molar-refractivity contribution in [2.75, 3.05) is 26.2 Å². The molecule has 168 valence electrons. The number of aryl methyl sites for hydroxylation is 1. The highest BCUT2D eigenvalue weighted by molar-refractivity contribution is 6.31. The van der Waals surface area contributed by atoms with E-state index in [4.69, 9.17) is 16.3 Å². The van der Waals surface area contributed by atoms with E-state index in [9.17, 15) is 9.59 Å². The quantitative estimate of drug-likeness (QED) is 0.773. The summed E-state index contributed by atoms with van der Waals surface area (Å²) in [5, 5.41) is 3.41. The summed E-state index contributed by atoms with van der Waals surface area (Å²) in [5.74, 6) is 1.78. The van der Waals surface area contributed by atoms with Gasteiger partial charge in [0.15, 0.2) is 0 Å². The maximum absolute atomic E-state index is 12.9. The van der Waals surface area contributed by atoms with Gasteiger partial charge < -0.3 is 19.5 Å². The van der Waals surface area contributed by atoms with Gasteiger partial charge in [-0.3, -0.25) is 9.59 Å². The molecule has 0 saturated heterocycles. The molecule has 0 spiro atoms. The van der Waals surface area contributed by atoms with Gasteiger partial charge in [0.2, 0.25) is 5.91 Å². The first-order chi connectivity index (χ1) is 15.0. The maximum atomic E-state index is 12.9. The Balaban J connectivity index is 1.60. The van der Waals surface area contributed by atoms with E-state index in [2.05, 4.69) is 28.7 Å². The highest BCUT2D eigenvalue weighted by Crippen LogP contribution is 2.23. The van der Waals surface area contributed by atoms with Gasteiger partial charge in [-0.2, -0.15) is 0 Å². The number of nitrogens with zero attached hydrogens (tertiary/aromatic N) is 3. The standard InChI is InChI=1S/C23H31ClN4O3/c1-17(2)22-25-10-14-28(22)13-8-21(29)27-11-4-3-9-26-23(30)19-16-18(24)6-7-20(19)31-15-5-12-27/h6-7,10,14,16-17H,3-5,8-9,11-13,15H2,1-2H3,(H,26,30). The first-order valence-electron chi connectivity index (χ1n) is 10.9. The van der Waals surface area contributed by atoms with Crippen LogP contribution in [-0.4, -0.2) is 52.5 Å². The molecule has 1 aromatic carbocycles. The van der Waals surface area contributed by atoms with Gasteiger partial charge in [0.1, 0.15) is 11.6 Å². The fourth-order valence-corrected chi connectivity index (χ4v) is 3.89. The summed E-state index contributed by atoms with van der Waals surface area (Å²) in [6.45, 7) is 7.10. The lowest BCUT2D eigenvalue weighted by Gasteiger charge is -2.23. The zero-order valence-corrected chi connectivity index (χ0v) is 19.0. The average Bonchev–Trinajstić information content (AvgIpc) is 3.22. The number of nitrogens with one attached hydrogen (secondary N) is 1. The van der Waals surface area contributed by atoms with E-state index in [1.807, 2.05) is 11.1 Å². The minimum Gasteiger partial charge on any atom is -0.493 e. The Bertz CT molecular complexity index is 897. The second-order valence-corrected chi connectivity index (χ2v) is 8.51. The van der Waals surface area contributed by atoms with Crippen molar-refractivity contribution in [3.05, 3.63) is 47.0 Å². The smallest absolute Gasteiger partial charge is 0.255 e. The van der Waals surface area contributed by atoms with Gasteiger partial charge in [-0.05, 0) is 37.5 Å². The molecule has 0 aliphatic carbocycles. The third-order valence-corrected chi connectivity index (χ3v) is 5.57. The first kappa shape index (κ1) is 23.1. The molecular weight excluding hydrogens is 416 g/mol. The Hall–Kier alpha value is -2.54. The Labute approximate surface area is 188 Å². The number of carbonyl (C=O) groups excluding carboxylic acids is 2. The minimum absolute atomic E-state index is 0.134. The van der Waals surface area contributed by atoms with Crippen LogP contribution in [0.25, 0.3) is 0 Å². The van der Waals surface area contributed by atoms with Gasteiger partial charge in [0.25, 0.3) is 5.91 Å². The molecule has 8 heteroatoms. The van der Waals surface area contributed by atoms with Crippen LogP contribution >= 0.6 is 11.6 Å². The maximum Gasteiger partial charge on any atom is 0.255 e. The topological polar surface area (TPSA) is 76.5 Å². The zero-order chi connectivity index (χ0) is 22.2. The van der Waals surface area contributed by atoms with Gasteiger partial charge in [0.05, 0.1) is 12.2 Å². The molecule has 0 atom stereocenters. The van der Waals surface area contributed by atoms with E-state index in [-0.39, 0.29) is 11.8 Å². The van der Waals surface area contributed by atoms with Gasteiger partial charge in [0, 0.05) is 55.9 Å². The van der Waals surface area contributed by atoms with Crippen LogP contribution in [-0.2, 0) is 11.3 Å². The van der Waals surface area contributed by atoms with E-state index in [1.54, 1.807) is 24.4 Å². The number of ether oxygens (including phenoxy) is 1. The molecule has 1 aliphatic heterocycles. The van der Waals surface area contributed by atoms with Crippen molar-refractivity contribution in [1.82, 2.24) is 19.8 Å². The number of halogens is 1.